The van der Waals surface area contributed by atoms with Crippen LogP contribution in [0.5, 0.6) is 0 Å². The van der Waals surface area contributed by atoms with Gasteiger partial charge in [-0.1, -0.05) is 48.9 Å². The third kappa shape index (κ3) is 2.72. The van der Waals surface area contributed by atoms with Crippen LogP contribution in [0.3, 0.4) is 0 Å². The Bertz CT molecular complexity index is 728. The maximum absolute atomic E-state index is 10.7. The summed E-state index contributed by atoms with van der Waals surface area (Å²) >= 11 is 0. The van der Waals surface area contributed by atoms with Gasteiger partial charge >= 0.3 is 0 Å². The van der Waals surface area contributed by atoms with Gasteiger partial charge in [0.2, 0.25) is 0 Å². The van der Waals surface area contributed by atoms with Gasteiger partial charge in [-0.25, -0.2) is 0 Å². The summed E-state index contributed by atoms with van der Waals surface area (Å²) in [5.41, 5.74) is 3.17. The standard InChI is InChI=1S/C19H20O2/c1-3-16(14-7-5-4-6-8-14)19(20)18-12-15-11-13(2)9-10-17(15)21-18/h4-12,16,19-20H,3H2,1-2H3. The van der Waals surface area contributed by atoms with Crippen molar-refractivity contribution < 1.29 is 9.52 Å². The van der Waals surface area contributed by atoms with Crippen LogP contribution in [0.15, 0.2) is 59.0 Å². The number of hydrogen-bond acceptors (Lipinski definition) is 2. The topological polar surface area (TPSA) is 33.4 Å². The monoisotopic (exact) mass is 280 g/mol. The number of rotatable bonds is 4. The minimum atomic E-state index is -0.620. The summed E-state index contributed by atoms with van der Waals surface area (Å²) in [5.74, 6) is 0.694. The fourth-order valence-electron chi connectivity index (χ4n) is 2.87. The lowest BCUT2D eigenvalue weighted by atomic mass is 9.90. The van der Waals surface area contributed by atoms with Gasteiger partial charge in [-0.2, -0.15) is 0 Å². The molecule has 1 aromatic heterocycles. The number of aryl methyl sites for hydroxylation is 1. The lowest BCUT2D eigenvalue weighted by Crippen LogP contribution is -2.09. The SMILES string of the molecule is CCC(c1ccccc1)C(O)c1cc2cc(C)ccc2o1. The first-order chi connectivity index (χ1) is 10.2. The molecule has 3 rings (SSSR count). The zero-order valence-corrected chi connectivity index (χ0v) is 12.4. The third-order valence-corrected chi connectivity index (χ3v) is 4.03. The van der Waals surface area contributed by atoms with Crippen LogP contribution < -0.4 is 0 Å². The summed E-state index contributed by atoms with van der Waals surface area (Å²) in [6.45, 7) is 4.15. The van der Waals surface area contributed by atoms with E-state index in [1.165, 1.54) is 5.56 Å². The average Bonchev–Trinajstić information content (AvgIpc) is 2.92. The van der Waals surface area contributed by atoms with Crippen molar-refractivity contribution >= 4 is 11.0 Å². The Morgan fingerprint density at radius 3 is 2.52 bits per heavy atom. The molecule has 2 nitrogen and oxygen atoms in total. The number of benzene rings is 2. The first-order valence-electron chi connectivity index (χ1n) is 7.42. The second kappa shape index (κ2) is 5.74. The first-order valence-corrected chi connectivity index (χ1v) is 7.42. The molecule has 2 unspecified atom stereocenters. The van der Waals surface area contributed by atoms with Crippen molar-refractivity contribution in [3.63, 3.8) is 0 Å². The van der Waals surface area contributed by atoms with Crippen LogP contribution in [-0.4, -0.2) is 5.11 Å². The molecule has 0 aliphatic carbocycles. The smallest absolute Gasteiger partial charge is 0.134 e. The molecule has 108 valence electrons. The van der Waals surface area contributed by atoms with E-state index in [0.717, 1.165) is 23.0 Å². The first kappa shape index (κ1) is 13.9. The minimum Gasteiger partial charge on any atom is -0.458 e. The molecule has 2 atom stereocenters. The van der Waals surface area contributed by atoms with E-state index in [2.05, 4.69) is 32.0 Å². The molecule has 0 spiro atoms. The quantitative estimate of drug-likeness (QED) is 0.732. The molecule has 1 N–H and O–H groups in total. The molecule has 21 heavy (non-hydrogen) atoms. The van der Waals surface area contributed by atoms with Gasteiger partial charge in [0.1, 0.15) is 17.4 Å². The lowest BCUT2D eigenvalue weighted by molar-refractivity contribution is 0.119. The highest BCUT2D eigenvalue weighted by Gasteiger charge is 2.24. The van der Waals surface area contributed by atoms with Gasteiger partial charge < -0.3 is 9.52 Å². The number of aliphatic hydroxyl groups excluding tert-OH is 1. The van der Waals surface area contributed by atoms with Gasteiger partial charge in [0.25, 0.3) is 0 Å². The predicted molar refractivity (Wildman–Crippen MR) is 85.4 cm³/mol. The van der Waals surface area contributed by atoms with Crippen molar-refractivity contribution in [2.45, 2.75) is 32.3 Å². The van der Waals surface area contributed by atoms with E-state index < -0.39 is 6.10 Å². The fourth-order valence-corrected chi connectivity index (χ4v) is 2.87. The van der Waals surface area contributed by atoms with E-state index in [4.69, 9.17) is 4.42 Å². The zero-order chi connectivity index (χ0) is 14.8. The van der Waals surface area contributed by atoms with Crippen LogP contribution in [0.2, 0.25) is 0 Å². The molecule has 0 saturated heterocycles. The number of furan rings is 1. The molecule has 1 heterocycles. The Kier molecular flexibility index (Phi) is 3.80. The van der Waals surface area contributed by atoms with Gasteiger partial charge in [-0.15, -0.1) is 0 Å². The molecule has 0 bridgehead atoms. The van der Waals surface area contributed by atoms with Crippen molar-refractivity contribution in [3.8, 4) is 0 Å². The second-order valence-corrected chi connectivity index (χ2v) is 5.56. The Morgan fingerprint density at radius 1 is 1.05 bits per heavy atom. The summed E-state index contributed by atoms with van der Waals surface area (Å²) in [5, 5.41) is 11.8. The summed E-state index contributed by atoms with van der Waals surface area (Å²) in [6.07, 6.45) is 0.242. The van der Waals surface area contributed by atoms with Gasteiger partial charge in [-0.3, -0.25) is 0 Å². The van der Waals surface area contributed by atoms with Crippen molar-refractivity contribution in [2.24, 2.45) is 0 Å². The predicted octanol–water partition coefficient (Wildman–Crippen LogP) is 4.97. The maximum Gasteiger partial charge on any atom is 0.134 e. The lowest BCUT2D eigenvalue weighted by Gasteiger charge is -2.20. The summed E-state index contributed by atoms with van der Waals surface area (Å²) in [6, 6.07) is 18.2. The van der Waals surface area contributed by atoms with Crippen LogP contribution in [0.25, 0.3) is 11.0 Å². The van der Waals surface area contributed by atoms with Crippen molar-refractivity contribution in [1.82, 2.24) is 0 Å². The zero-order valence-electron chi connectivity index (χ0n) is 12.4. The van der Waals surface area contributed by atoms with Crippen LogP contribution in [0.1, 0.15) is 42.3 Å². The minimum absolute atomic E-state index is 0.0489. The van der Waals surface area contributed by atoms with E-state index >= 15 is 0 Å². The highest BCUT2D eigenvalue weighted by atomic mass is 16.4. The van der Waals surface area contributed by atoms with Crippen LogP contribution in [-0.2, 0) is 0 Å². The molecule has 0 fully saturated rings. The number of hydrogen-bond donors (Lipinski definition) is 1. The van der Waals surface area contributed by atoms with Crippen molar-refractivity contribution in [1.29, 1.82) is 0 Å². The highest BCUT2D eigenvalue weighted by Crippen LogP contribution is 2.36. The Morgan fingerprint density at radius 2 is 1.81 bits per heavy atom. The molecule has 0 saturated carbocycles. The highest BCUT2D eigenvalue weighted by molar-refractivity contribution is 5.78. The van der Waals surface area contributed by atoms with E-state index in [0.29, 0.717) is 5.76 Å². The number of fused-ring (bicyclic) bond motifs is 1. The van der Waals surface area contributed by atoms with Crippen LogP contribution in [0.4, 0.5) is 0 Å². The van der Waals surface area contributed by atoms with E-state index in [9.17, 15) is 5.11 Å². The van der Waals surface area contributed by atoms with E-state index in [-0.39, 0.29) is 5.92 Å². The van der Waals surface area contributed by atoms with Crippen molar-refractivity contribution in [2.75, 3.05) is 0 Å². The molecule has 0 amide bonds. The van der Waals surface area contributed by atoms with Crippen LogP contribution >= 0.6 is 0 Å². The fraction of sp³-hybridized carbons (Fsp3) is 0.263. The molecular weight excluding hydrogens is 260 g/mol. The Balaban J connectivity index is 1.96. The third-order valence-electron chi connectivity index (χ3n) is 4.03. The molecular formula is C19H20O2. The normalized spacial score (nSPS) is 14.2. The molecule has 0 aliphatic rings. The number of aliphatic hydroxyl groups is 1. The van der Waals surface area contributed by atoms with Gasteiger partial charge in [0.15, 0.2) is 0 Å². The molecule has 0 aliphatic heterocycles. The summed E-state index contributed by atoms with van der Waals surface area (Å²) < 4.78 is 5.84. The Labute approximate surface area is 125 Å². The second-order valence-electron chi connectivity index (χ2n) is 5.56. The maximum atomic E-state index is 10.7. The largest absolute Gasteiger partial charge is 0.458 e. The molecule has 2 aromatic carbocycles. The molecule has 3 aromatic rings. The summed E-state index contributed by atoms with van der Waals surface area (Å²) in [7, 11) is 0. The van der Waals surface area contributed by atoms with Gasteiger partial charge in [0.05, 0.1) is 0 Å². The van der Waals surface area contributed by atoms with Crippen LogP contribution in [0, 0.1) is 6.92 Å². The van der Waals surface area contributed by atoms with Gasteiger partial charge in [-0.05, 0) is 37.1 Å². The molecule has 0 radical (unpaired) electrons. The summed E-state index contributed by atoms with van der Waals surface area (Å²) in [4.78, 5) is 0. The average molecular weight is 280 g/mol. The molecule has 2 heteroatoms. The Hall–Kier alpha value is -2.06. The van der Waals surface area contributed by atoms with E-state index in [1.807, 2.05) is 36.4 Å². The van der Waals surface area contributed by atoms with Crippen molar-refractivity contribution in [3.05, 3.63) is 71.5 Å². The van der Waals surface area contributed by atoms with Gasteiger partial charge in [0, 0.05) is 11.3 Å². The van der Waals surface area contributed by atoms with E-state index in [1.54, 1.807) is 0 Å².